The zero-order valence-electron chi connectivity index (χ0n) is 45.0. The van der Waals surface area contributed by atoms with Crippen LogP contribution >= 0.6 is 0 Å². The van der Waals surface area contributed by atoms with E-state index in [4.69, 9.17) is 0 Å². The van der Waals surface area contributed by atoms with Gasteiger partial charge in [0.25, 0.3) is 0 Å². The molecule has 0 amide bonds. The molecule has 0 atom stereocenters. The van der Waals surface area contributed by atoms with Crippen LogP contribution in [0.25, 0.3) is 77.5 Å². The quantitative estimate of drug-likeness (QED) is 0.126. The van der Waals surface area contributed by atoms with Crippen LogP contribution < -0.4 is 9.80 Å². The molecule has 13 rings (SSSR count). The van der Waals surface area contributed by atoms with E-state index in [1.807, 2.05) is 0 Å². The highest BCUT2D eigenvalue weighted by molar-refractivity contribution is 6.24. The SMILES string of the molecule is Cc1ccc(N(c2ccc(C)cc2)c2c3ccccc3c(-c3ccc(C=C4CCC(=Cc5ccc(-c6c7ccccc7c(N(c7ccc(C)cc7)c7ccc(C)cc7)c7ccccc67)cc5)CC4)cc3)c3ccccc23)cc1. The summed E-state index contributed by atoms with van der Waals surface area (Å²) in [6.45, 7) is 8.62. The van der Waals surface area contributed by atoms with Crippen LogP contribution in [0.2, 0.25) is 0 Å². The number of rotatable bonds is 10. The smallest absolute Gasteiger partial charge is 0.0618 e. The third-order valence-electron chi connectivity index (χ3n) is 16.1. The lowest BCUT2D eigenvalue weighted by molar-refractivity contribution is 0.739. The summed E-state index contributed by atoms with van der Waals surface area (Å²) in [5, 5.41) is 9.91. The van der Waals surface area contributed by atoms with Crippen LogP contribution in [0.1, 0.15) is 59.1 Å². The summed E-state index contributed by atoms with van der Waals surface area (Å²) < 4.78 is 0. The Morgan fingerprint density at radius 1 is 0.256 bits per heavy atom. The average Bonchev–Trinajstić information content (AvgIpc) is 3.63. The van der Waals surface area contributed by atoms with E-state index in [0.717, 1.165) is 48.4 Å². The maximum absolute atomic E-state index is 2.44. The topological polar surface area (TPSA) is 6.48 Å². The fourth-order valence-corrected chi connectivity index (χ4v) is 12.0. The summed E-state index contributed by atoms with van der Waals surface area (Å²) in [6, 6.07) is 90.2. The van der Waals surface area contributed by atoms with Crippen molar-refractivity contribution < 1.29 is 0 Å². The van der Waals surface area contributed by atoms with Crippen LogP contribution in [0, 0.1) is 27.7 Å². The molecule has 0 heterocycles. The second-order valence-corrected chi connectivity index (χ2v) is 21.5. The molecular weight excluding hydrogens is 941 g/mol. The van der Waals surface area contributed by atoms with Gasteiger partial charge in [0.05, 0.1) is 11.4 Å². The standard InChI is InChI=1S/C76H62N2/c1-51-21-41-61(42-22-51)77(62-43-23-52(2)24-44-62)75-69-17-9-5-13-65(69)73(66-14-6-10-18-70(66)75)59-37-33-57(34-38-59)49-55-29-31-56(32-30-55)50-58-35-39-60(40-36-58)74-67-15-7-11-19-71(67)76(72-20-12-8-16-68(72)74)78(63-45-25-53(3)26-46-63)64-47-27-54(4)28-48-64/h5-28,33-50H,29-32H2,1-4H3. The van der Waals surface area contributed by atoms with Crippen molar-refractivity contribution in [3.05, 3.63) is 287 Å². The van der Waals surface area contributed by atoms with Crippen molar-refractivity contribution in [2.75, 3.05) is 9.80 Å². The maximum atomic E-state index is 2.44. The molecule has 78 heavy (non-hydrogen) atoms. The van der Waals surface area contributed by atoms with Crippen LogP contribution in [0.3, 0.4) is 0 Å². The van der Waals surface area contributed by atoms with E-state index in [1.54, 1.807) is 0 Å². The van der Waals surface area contributed by atoms with Crippen LogP contribution in [0.5, 0.6) is 0 Å². The highest BCUT2D eigenvalue weighted by atomic mass is 15.2. The minimum atomic E-state index is 1.08. The first kappa shape index (κ1) is 48.4. The number of fused-ring (bicyclic) bond motifs is 4. The van der Waals surface area contributed by atoms with Gasteiger partial charge in [0.15, 0.2) is 0 Å². The summed E-state index contributed by atoms with van der Waals surface area (Å²) in [4.78, 5) is 4.89. The summed E-state index contributed by atoms with van der Waals surface area (Å²) in [7, 11) is 0. The summed E-state index contributed by atoms with van der Waals surface area (Å²) in [5.41, 5.74) is 22.5. The first-order valence-corrected chi connectivity index (χ1v) is 27.6. The largest absolute Gasteiger partial charge is 0.309 e. The van der Waals surface area contributed by atoms with Crippen molar-refractivity contribution in [2.24, 2.45) is 0 Å². The van der Waals surface area contributed by atoms with Crippen molar-refractivity contribution in [1.29, 1.82) is 0 Å². The van der Waals surface area contributed by atoms with E-state index in [1.165, 1.54) is 121 Å². The van der Waals surface area contributed by atoms with Crippen LogP contribution in [0.4, 0.5) is 34.1 Å². The van der Waals surface area contributed by atoms with Crippen LogP contribution in [-0.4, -0.2) is 0 Å². The normalized spacial score (nSPS) is 12.6. The summed E-state index contributed by atoms with van der Waals surface area (Å²) >= 11 is 0. The highest BCUT2D eigenvalue weighted by Gasteiger charge is 2.24. The molecule has 0 aromatic heterocycles. The second kappa shape index (κ2) is 20.7. The Morgan fingerprint density at radius 3 is 0.731 bits per heavy atom. The van der Waals surface area contributed by atoms with Crippen molar-refractivity contribution in [3.63, 3.8) is 0 Å². The Morgan fingerprint density at radius 2 is 0.487 bits per heavy atom. The number of hydrogen-bond acceptors (Lipinski definition) is 2. The van der Waals surface area contributed by atoms with Crippen molar-refractivity contribution in [1.82, 2.24) is 0 Å². The van der Waals surface area contributed by atoms with E-state index in [0.29, 0.717) is 0 Å². The molecule has 1 fully saturated rings. The van der Waals surface area contributed by atoms with Gasteiger partial charge < -0.3 is 9.80 Å². The lowest BCUT2D eigenvalue weighted by Gasteiger charge is -2.29. The van der Waals surface area contributed by atoms with Gasteiger partial charge in [-0.1, -0.05) is 240 Å². The number of benzene rings is 12. The molecule has 2 nitrogen and oxygen atoms in total. The zero-order chi connectivity index (χ0) is 52.7. The predicted molar refractivity (Wildman–Crippen MR) is 337 cm³/mol. The van der Waals surface area contributed by atoms with E-state index in [9.17, 15) is 0 Å². The monoisotopic (exact) mass is 1000 g/mol. The van der Waals surface area contributed by atoms with Gasteiger partial charge >= 0.3 is 0 Å². The van der Waals surface area contributed by atoms with Gasteiger partial charge in [-0.25, -0.2) is 0 Å². The predicted octanol–water partition coefficient (Wildman–Crippen LogP) is 21.8. The third-order valence-corrected chi connectivity index (χ3v) is 16.1. The van der Waals surface area contributed by atoms with Gasteiger partial charge in [-0.15, -0.1) is 0 Å². The number of nitrogens with zero attached hydrogens (tertiary/aromatic N) is 2. The van der Waals surface area contributed by atoms with Crippen LogP contribution in [0.15, 0.2) is 254 Å². The van der Waals surface area contributed by atoms with Crippen molar-refractivity contribution in [2.45, 2.75) is 53.4 Å². The van der Waals surface area contributed by atoms with Gasteiger partial charge in [0, 0.05) is 44.3 Å². The fraction of sp³-hybridized carbons (Fsp3) is 0.105. The number of hydrogen-bond donors (Lipinski definition) is 0. The molecule has 2 heteroatoms. The molecule has 12 aromatic carbocycles. The molecule has 376 valence electrons. The second-order valence-electron chi connectivity index (χ2n) is 21.5. The Bertz CT molecular complexity index is 3740. The van der Waals surface area contributed by atoms with E-state index in [2.05, 4.69) is 292 Å². The Hall–Kier alpha value is -9.24. The minimum absolute atomic E-state index is 1.08. The molecule has 0 bridgehead atoms. The number of aryl methyl sites for hydroxylation is 4. The van der Waals surface area contributed by atoms with Gasteiger partial charge in [-0.2, -0.15) is 0 Å². The third kappa shape index (κ3) is 9.24. The van der Waals surface area contributed by atoms with Crippen molar-refractivity contribution in [3.8, 4) is 22.3 Å². The van der Waals surface area contributed by atoms with Gasteiger partial charge in [0.2, 0.25) is 0 Å². The fourth-order valence-electron chi connectivity index (χ4n) is 12.0. The summed E-state index contributed by atoms with van der Waals surface area (Å²) in [5.74, 6) is 0. The van der Waals surface area contributed by atoms with E-state index >= 15 is 0 Å². The summed E-state index contributed by atoms with van der Waals surface area (Å²) in [6.07, 6.45) is 9.19. The molecule has 12 aromatic rings. The molecule has 0 saturated heterocycles. The Balaban J connectivity index is 0.770. The van der Waals surface area contributed by atoms with Crippen molar-refractivity contribution >= 4 is 89.4 Å². The lowest BCUT2D eigenvalue weighted by atomic mass is 9.87. The van der Waals surface area contributed by atoms with Gasteiger partial charge in [0.1, 0.15) is 0 Å². The Labute approximate surface area is 459 Å². The first-order valence-electron chi connectivity index (χ1n) is 27.6. The molecule has 1 aliphatic rings. The molecule has 0 unspecified atom stereocenters. The molecule has 1 aliphatic carbocycles. The molecule has 0 spiro atoms. The molecular formula is C76H62N2. The number of allylic oxidation sites excluding steroid dienone is 2. The first-order chi connectivity index (χ1) is 38.3. The average molecular weight is 1000 g/mol. The molecule has 0 aliphatic heterocycles. The van der Waals surface area contributed by atoms with Gasteiger partial charge in [-0.05, 0) is 157 Å². The number of anilines is 6. The van der Waals surface area contributed by atoms with Gasteiger partial charge in [-0.3, -0.25) is 0 Å². The molecule has 0 N–H and O–H groups in total. The highest BCUT2D eigenvalue weighted by Crippen LogP contribution is 2.50. The lowest BCUT2D eigenvalue weighted by Crippen LogP contribution is -2.11. The van der Waals surface area contributed by atoms with E-state index in [-0.39, 0.29) is 0 Å². The minimum Gasteiger partial charge on any atom is -0.309 e. The van der Waals surface area contributed by atoms with E-state index < -0.39 is 0 Å². The molecule has 0 radical (unpaired) electrons. The maximum Gasteiger partial charge on any atom is 0.0618 e. The van der Waals surface area contributed by atoms with Crippen LogP contribution in [-0.2, 0) is 0 Å². The Kier molecular flexibility index (Phi) is 12.9. The zero-order valence-corrected chi connectivity index (χ0v) is 45.0. The molecule has 1 saturated carbocycles.